The largest absolute Gasteiger partial charge is 0.417 e. The van der Waals surface area contributed by atoms with Crippen LogP contribution in [0.2, 0.25) is 0 Å². The van der Waals surface area contributed by atoms with Crippen molar-refractivity contribution in [3.05, 3.63) is 54.6 Å². The van der Waals surface area contributed by atoms with E-state index in [2.05, 4.69) is 10.6 Å². The minimum Gasteiger partial charge on any atom is -0.408 e. The van der Waals surface area contributed by atoms with Gasteiger partial charge in [0.25, 0.3) is 0 Å². The van der Waals surface area contributed by atoms with Crippen LogP contribution in [0.4, 0.5) is 16.2 Å². The highest BCUT2D eigenvalue weighted by Gasteiger charge is 2.08. The van der Waals surface area contributed by atoms with Crippen LogP contribution in [-0.4, -0.2) is 12.5 Å². The van der Waals surface area contributed by atoms with E-state index in [9.17, 15) is 9.59 Å². The molecular weight excluding hydrogens is 244 g/mol. The number of benzene rings is 2. The van der Waals surface area contributed by atoms with Gasteiger partial charge in [-0.05, 0) is 24.3 Å². The predicted octanol–water partition coefficient (Wildman–Crippen LogP) is 2.87. The van der Waals surface area contributed by atoms with Gasteiger partial charge < -0.3 is 10.1 Å². The van der Waals surface area contributed by atoms with Crippen LogP contribution in [0.5, 0.6) is 5.75 Å². The van der Waals surface area contributed by atoms with E-state index in [4.69, 9.17) is 4.74 Å². The zero-order chi connectivity index (χ0) is 13.5. The molecule has 2 amide bonds. The second kappa shape index (κ2) is 6.20. The minimum absolute atomic E-state index is 0.281. The molecule has 0 radical (unpaired) electrons. The predicted molar refractivity (Wildman–Crippen MR) is 72.2 cm³/mol. The number of hydrogen-bond acceptors (Lipinski definition) is 3. The zero-order valence-corrected chi connectivity index (χ0v) is 10.00. The van der Waals surface area contributed by atoms with Gasteiger partial charge in [-0.1, -0.05) is 30.3 Å². The number of hydrogen-bond donors (Lipinski definition) is 2. The van der Waals surface area contributed by atoms with Crippen molar-refractivity contribution in [3.63, 3.8) is 0 Å². The molecule has 0 unspecified atom stereocenters. The number of nitrogens with one attached hydrogen (secondary N) is 2. The second-order valence-electron chi connectivity index (χ2n) is 3.64. The lowest BCUT2D eigenvalue weighted by molar-refractivity contribution is -0.105. The van der Waals surface area contributed by atoms with E-state index in [1.807, 2.05) is 6.07 Å². The van der Waals surface area contributed by atoms with Crippen LogP contribution < -0.4 is 15.4 Å². The summed E-state index contributed by atoms with van der Waals surface area (Å²) in [6, 6.07) is 15.6. The molecule has 0 bridgehead atoms. The van der Waals surface area contributed by atoms with E-state index < -0.39 is 6.09 Å². The Balaban J connectivity index is 2.05. The van der Waals surface area contributed by atoms with Crippen molar-refractivity contribution in [3.8, 4) is 5.75 Å². The summed E-state index contributed by atoms with van der Waals surface area (Å²) in [6.07, 6.45) is -0.0940. The van der Waals surface area contributed by atoms with Gasteiger partial charge in [-0.25, -0.2) is 4.79 Å². The Morgan fingerprint density at radius 1 is 1.00 bits per heavy atom. The summed E-state index contributed by atoms with van der Waals surface area (Å²) in [6.45, 7) is 0. The third kappa shape index (κ3) is 3.57. The first-order chi connectivity index (χ1) is 9.29. The van der Waals surface area contributed by atoms with E-state index in [0.717, 1.165) is 0 Å². The highest BCUT2D eigenvalue weighted by atomic mass is 16.6. The molecule has 0 saturated carbocycles. The summed E-state index contributed by atoms with van der Waals surface area (Å²) in [7, 11) is 0. The van der Waals surface area contributed by atoms with Gasteiger partial charge >= 0.3 is 6.09 Å². The van der Waals surface area contributed by atoms with Gasteiger partial charge in [-0.3, -0.25) is 10.1 Å². The minimum atomic E-state index is -0.619. The van der Waals surface area contributed by atoms with Crippen LogP contribution >= 0.6 is 0 Å². The van der Waals surface area contributed by atoms with Crippen molar-refractivity contribution in [2.45, 2.75) is 0 Å². The molecule has 19 heavy (non-hydrogen) atoms. The Labute approximate surface area is 110 Å². The van der Waals surface area contributed by atoms with Crippen molar-refractivity contribution in [1.29, 1.82) is 0 Å². The van der Waals surface area contributed by atoms with Crippen molar-refractivity contribution in [1.82, 2.24) is 0 Å². The third-order valence-electron chi connectivity index (χ3n) is 2.32. The standard InChI is InChI=1S/C14H12N2O3/c17-10-15-12-8-4-5-9-13(12)19-14(18)16-11-6-2-1-3-7-11/h1-10H,(H,15,17)(H,16,18). The SMILES string of the molecule is O=CNc1ccccc1OC(=O)Nc1ccccc1. The Morgan fingerprint density at radius 2 is 1.68 bits per heavy atom. The quantitative estimate of drug-likeness (QED) is 0.826. The topological polar surface area (TPSA) is 67.4 Å². The van der Waals surface area contributed by atoms with Crippen LogP contribution in [0.15, 0.2) is 54.6 Å². The molecule has 0 heterocycles. The Bertz CT molecular complexity index is 570. The number of para-hydroxylation sites is 3. The molecule has 0 aliphatic carbocycles. The van der Waals surface area contributed by atoms with Crippen LogP contribution in [0.1, 0.15) is 0 Å². The monoisotopic (exact) mass is 256 g/mol. The molecule has 0 fully saturated rings. The molecule has 2 aromatic rings. The fourth-order valence-electron chi connectivity index (χ4n) is 1.50. The molecule has 0 atom stereocenters. The van der Waals surface area contributed by atoms with Gasteiger partial charge in [0.2, 0.25) is 6.41 Å². The van der Waals surface area contributed by atoms with Crippen LogP contribution in [-0.2, 0) is 4.79 Å². The van der Waals surface area contributed by atoms with E-state index in [1.54, 1.807) is 48.5 Å². The zero-order valence-electron chi connectivity index (χ0n) is 10.00. The van der Waals surface area contributed by atoms with Crippen molar-refractivity contribution >= 4 is 23.9 Å². The second-order valence-corrected chi connectivity index (χ2v) is 3.64. The molecule has 0 aliphatic rings. The number of ether oxygens (including phenoxy) is 1. The summed E-state index contributed by atoms with van der Waals surface area (Å²) in [5, 5.41) is 5.04. The molecule has 5 nitrogen and oxygen atoms in total. The maximum Gasteiger partial charge on any atom is 0.417 e. The van der Waals surface area contributed by atoms with Gasteiger partial charge in [0.15, 0.2) is 5.75 Å². The van der Waals surface area contributed by atoms with Crippen LogP contribution in [0.3, 0.4) is 0 Å². The van der Waals surface area contributed by atoms with E-state index in [0.29, 0.717) is 17.8 Å². The molecule has 2 rings (SSSR count). The normalized spacial score (nSPS) is 9.47. The molecule has 2 N–H and O–H groups in total. The average Bonchev–Trinajstić information content (AvgIpc) is 2.42. The van der Waals surface area contributed by atoms with Gasteiger partial charge in [-0.2, -0.15) is 0 Å². The highest BCUT2D eigenvalue weighted by molar-refractivity contribution is 5.88. The number of carbonyl (C=O) groups is 2. The van der Waals surface area contributed by atoms with E-state index >= 15 is 0 Å². The summed E-state index contributed by atoms with van der Waals surface area (Å²) in [5.74, 6) is 0.281. The number of anilines is 2. The van der Waals surface area contributed by atoms with Gasteiger partial charge in [0, 0.05) is 5.69 Å². The summed E-state index contributed by atoms with van der Waals surface area (Å²) in [4.78, 5) is 22.1. The molecule has 0 spiro atoms. The van der Waals surface area contributed by atoms with Crippen LogP contribution in [0, 0.1) is 0 Å². The van der Waals surface area contributed by atoms with E-state index in [1.165, 1.54) is 0 Å². The molecule has 5 heteroatoms. The third-order valence-corrected chi connectivity index (χ3v) is 2.32. The molecule has 0 saturated heterocycles. The fourth-order valence-corrected chi connectivity index (χ4v) is 1.50. The fraction of sp³-hybridized carbons (Fsp3) is 0. The lowest BCUT2D eigenvalue weighted by Crippen LogP contribution is -2.17. The summed E-state index contributed by atoms with van der Waals surface area (Å²) >= 11 is 0. The van der Waals surface area contributed by atoms with Gasteiger partial charge in [0.1, 0.15) is 0 Å². The number of carbonyl (C=O) groups excluding carboxylic acids is 2. The smallest absolute Gasteiger partial charge is 0.408 e. The summed E-state index contributed by atoms with van der Waals surface area (Å²) in [5.41, 5.74) is 1.06. The molecular formula is C14H12N2O3. The molecule has 0 aromatic heterocycles. The maximum atomic E-state index is 11.7. The van der Waals surface area contributed by atoms with Crippen molar-refractivity contribution < 1.29 is 14.3 Å². The van der Waals surface area contributed by atoms with Crippen LogP contribution in [0.25, 0.3) is 0 Å². The molecule has 96 valence electrons. The molecule has 2 aromatic carbocycles. The number of amides is 2. The first-order valence-corrected chi connectivity index (χ1v) is 5.62. The lowest BCUT2D eigenvalue weighted by Gasteiger charge is -2.09. The Morgan fingerprint density at radius 3 is 2.42 bits per heavy atom. The number of rotatable bonds is 4. The lowest BCUT2D eigenvalue weighted by atomic mass is 10.3. The van der Waals surface area contributed by atoms with Crippen molar-refractivity contribution in [2.24, 2.45) is 0 Å². The van der Waals surface area contributed by atoms with E-state index in [-0.39, 0.29) is 5.75 Å². The van der Waals surface area contributed by atoms with Gasteiger partial charge in [-0.15, -0.1) is 0 Å². The molecule has 0 aliphatic heterocycles. The van der Waals surface area contributed by atoms with Crippen molar-refractivity contribution in [2.75, 3.05) is 10.6 Å². The average molecular weight is 256 g/mol. The maximum absolute atomic E-state index is 11.7. The van der Waals surface area contributed by atoms with Gasteiger partial charge in [0.05, 0.1) is 5.69 Å². The highest BCUT2D eigenvalue weighted by Crippen LogP contribution is 2.23. The first-order valence-electron chi connectivity index (χ1n) is 5.62. The first kappa shape index (κ1) is 12.6. The Hall–Kier alpha value is -2.82. The summed E-state index contributed by atoms with van der Waals surface area (Å²) < 4.78 is 5.13. The Kier molecular flexibility index (Phi) is 4.12.